The Bertz CT molecular complexity index is 1050. The molecular weight excluding hydrogens is 432 g/mol. The molecule has 0 aliphatic carbocycles. The van der Waals surface area contributed by atoms with Crippen molar-refractivity contribution in [3.63, 3.8) is 0 Å². The molecule has 0 spiro atoms. The van der Waals surface area contributed by atoms with Crippen LogP contribution in [0.4, 0.5) is 8.78 Å². The van der Waals surface area contributed by atoms with Crippen LogP contribution in [0.1, 0.15) is 27.9 Å². The van der Waals surface area contributed by atoms with Crippen LogP contribution in [0.2, 0.25) is 0 Å². The normalized spacial score (nSPS) is 12.5. The van der Waals surface area contributed by atoms with Gasteiger partial charge in [-0.05, 0) is 36.6 Å². The number of nitrogens with zero attached hydrogens (tertiary/aromatic N) is 2. The van der Waals surface area contributed by atoms with Crippen LogP contribution in [0, 0.1) is 5.82 Å². The molecule has 1 aromatic heterocycles. The van der Waals surface area contributed by atoms with Crippen molar-refractivity contribution in [1.82, 2.24) is 15.6 Å². The average molecular weight is 457 g/mol. The summed E-state index contributed by atoms with van der Waals surface area (Å²) in [4.78, 5) is 30.7. The van der Waals surface area contributed by atoms with E-state index in [1.165, 1.54) is 13.1 Å². The Balaban J connectivity index is 0.000000569. The number of aromatic nitrogens is 1. The van der Waals surface area contributed by atoms with Crippen molar-refractivity contribution in [3.05, 3.63) is 83.3 Å². The molecule has 0 fully saturated rings. The van der Waals surface area contributed by atoms with Crippen LogP contribution in [0.15, 0.2) is 65.8 Å². The molecule has 33 heavy (non-hydrogen) atoms. The topological polar surface area (TPSA) is 119 Å². The zero-order valence-corrected chi connectivity index (χ0v) is 18.1. The first-order chi connectivity index (χ1) is 15.8. The summed E-state index contributed by atoms with van der Waals surface area (Å²) >= 11 is 0. The number of nitrogens with two attached hydrogens (primary N) is 1. The van der Waals surface area contributed by atoms with Crippen molar-refractivity contribution in [2.75, 3.05) is 20.3 Å². The number of pyridine rings is 1. The van der Waals surface area contributed by atoms with E-state index in [2.05, 4.69) is 27.2 Å². The molecule has 3 rings (SSSR count). The fourth-order valence-corrected chi connectivity index (χ4v) is 2.85. The molecule has 2 aromatic rings. The Morgan fingerprint density at radius 1 is 1.33 bits per heavy atom. The highest BCUT2D eigenvalue weighted by molar-refractivity contribution is 6.00. The van der Waals surface area contributed by atoms with E-state index in [-0.39, 0.29) is 18.5 Å². The van der Waals surface area contributed by atoms with Gasteiger partial charge in [0, 0.05) is 30.9 Å². The Morgan fingerprint density at radius 3 is 2.64 bits per heavy atom. The summed E-state index contributed by atoms with van der Waals surface area (Å²) in [7, 11) is 1.49. The number of amides is 2. The van der Waals surface area contributed by atoms with Gasteiger partial charge in [-0.1, -0.05) is 18.7 Å². The van der Waals surface area contributed by atoms with Gasteiger partial charge in [-0.25, -0.2) is 8.78 Å². The van der Waals surface area contributed by atoms with Crippen LogP contribution in [0.3, 0.4) is 0 Å². The molecule has 0 bridgehead atoms. The van der Waals surface area contributed by atoms with Gasteiger partial charge >= 0.3 is 0 Å². The van der Waals surface area contributed by atoms with E-state index < -0.39 is 11.7 Å². The predicted octanol–water partition coefficient (Wildman–Crippen LogP) is 2.48. The number of allylic oxidation sites excluding steroid dienone is 1. The number of primary amides is 1. The van der Waals surface area contributed by atoms with Gasteiger partial charge in [0.2, 0.25) is 5.91 Å². The molecule has 10 heteroatoms. The van der Waals surface area contributed by atoms with Crippen molar-refractivity contribution < 1.29 is 23.1 Å². The minimum absolute atomic E-state index is 0.185. The van der Waals surface area contributed by atoms with Gasteiger partial charge in [0.25, 0.3) is 5.91 Å². The number of benzene rings is 1. The number of ether oxygens (including phenoxy) is 1. The van der Waals surface area contributed by atoms with Crippen LogP contribution in [-0.4, -0.2) is 43.3 Å². The average Bonchev–Trinajstić information content (AvgIpc) is 3.27. The zero-order chi connectivity index (χ0) is 24.2. The van der Waals surface area contributed by atoms with Gasteiger partial charge in [0.1, 0.15) is 17.3 Å². The molecule has 8 nitrogen and oxygen atoms in total. The monoisotopic (exact) mass is 457 g/mol. The third-order valence-electron chi connectivity index (χ3n) is 4.31. The molecule has 1 aromatic carbocycles. The molecule has 0 radical (unpaired) electrons. The number of nitrogens with one attached hydrogen (secondary N) is 2. The smallest absolute Gasteiger partial charge is 0.271 e. The van der Waals surface area contributed by atoms with E-state index in [9.17, 15) is 18.4 Å². The van der Waals surface area contributed by atoms with Crippen molar-refractivity contribution >= 4 is 23.8 Å². The lowest BCUT2D eigenvalue weighted by Crippen LogP contribution is -2.31. The fourth-order valence-electron chi connectivity index (χ4n) is 2.85. The number of hydrogen-bond donors (Lipinski definition) is 3. The molecule has 0 unspecified atom stereocenters. The van der Waals surface area contributed by atoms with Crippen LogP contribution >= 0.6 is 0 Å². The highest BCUT2D eigenvalue weighted by atomic mass is 19.1. The van der Waals surface area contributed by atoms with E-state index in [1.54, 1.807) is 30.5 Å². The second-order valence-corrected chi connectivity index (χ2v) is 6.82. The summed E-state index contributed by atoms with van der Waals surface area (Å²) in [6.07, 6.45) is 5.07. The van der Waals surface area contributed by atoms with Gasteiger partial charge in [-0.15, -0.1) is 0 Å². The second kappa shape index (κ2) is 12.7. The first kappa shape index (κ1) is 25.2. The fraction of sp³-hybridized carbons (Fsp3) is 0.217. The molecule has 174 valence electrons. The Kier molecular flexibility index (Phi) is 9.69. The van der Waals surface area contributed by atoms with E-state index in [0.717, 1.165) is 18.0 Å². The standard InChI is InChI=1S/C19H19FN4O3.C4H6FN/c20-15-8-12(9-22-10-15)2-1-7-23-19(26)16-17(27-11-24-16)13-3-5-14(6-4-13)18(21)25;1-4(5)3-6-2/h3-6,8-10,24H,1-2,7,11H2,(H2,21,25)(H,23,26);3H,1H2,2H3. The summed E-state index contributed by atoms with van der Waals surface area (Å²) < 4.78 is 30.0. The number of rotatable bonds is 8. The van der Waals surface area contributed by atoms with Gasteiger partial charge in [0.15, 0.2) is 12.5 Å². The number of carbonyl (C=O) groups excluding carboxylic acids is 2. The van der Waals surface area contributed by atoms with E-state index in [0.29, 0.717) is 42.0 Å². The SMILES string of the molecule is C=C(F)C=NC.NC(=O)c1ccc(C2=C(C(=O)NCCCc3cncc(F)c3)NCO2)cc1. The van der Waals surface area contributed by atoms with Crippen LogP contribution in [0.25, 0.3) is 5.76 Å². The van der Waals surface area contributed by atoms with Crippen LogP contribution in [0.5, 0.6) is 0 Å². The maximum Gasteiger partial charge on any atom is 0.271 e. The molecule has 4 N–H and O–H groups in total. The highest BCUT2D eigenvalue weighted by Gasteiger charge is 2.23. The van der Waals surface area contributed by atoms with Crippen molar-refractivity contribution in [2.45, 2.75) is 12.8 Å². The molecule has 0 atom stereocenters. The summed E-state index contributed by atoms with van der Waals surface area (Å²) in [5.74, 6) is -1.28. The number of hydrogen-bond acceptors (Lipinski definition) is 6. The Morgan fingerprint density at radius 2 is 2.06 bits per heavy atom. The Labute approximate surface area is 190 Å². The van der Waals surface area contributed by atoms with E-state index in [1.807, 2.05) is 0 Å². The van der Waals surface area contributed by atoms with Crippen LogP contribution < -0.4 is 16.4 Å². The number of halogens is 2. The minimum atomic E-state index is -0.521. The summed E-state index contributed by atoms with van der Waals surface area (Å²) in [5, 5.41) is 5.71. The number of carbonyl (C=O) groups is 2. The Hall–Kier alpha value is -4.08. The third kappa shape index (κ3) is 8.17. The number of aryl methyl sites for hydroxylation is 1. The lowest BCUT2D eigenvalue weighted by Gasteiger charge is -2.08. The van der Waals surface area contributed by atoms with E-state index >= 15 is 0 Å². The van der Waals surface area contributed by atoms with Gasteiger partial charge in [-0.3, -0.25) is 19.6 Å². The maximum absolute atomic E-state index is 13.1. The van der Waals surface area contributed by atoms with Gasteiger partial charge in [0.05, 0.1) is 12.4 Å². The van der Waals surface area contributed by atoms with Gasteiger partial charge < -0.3 is 21.1 Å². The molecule has 0 saturated heterocycles. The lowest BCUT2D eigenvalue weighted by atomic mass is 10.1. The van der Waals surface area contributed by atoms with Crippen LogP contribution in [-0.2, 0) is 16.0 Å². The largest absolute Gasteiger partial charge is 0.470 e. The first-order valence-electron chi connectivity index (χ1n) is 9.97. The summed E-state index contributed by atoms with van der Waals surface area (Å²) in [6.45, 7) is 3.54. The molecule has 1 aliphatic rings. The number of aliphatic imine (C=N–C) groups is 1. The minimum Gasteiger partial charge on any atom is -0.470 e. The highest BCUT2D eigenvalue weighted by Crippen LogP contribution is 2.23. The van der Waals surface area contributed by atoms with Crippen molar-refractivity contribution in [1.29, 1.82) is 0 Å². The second-order valence-electron chi connectivity index (χ2n) is 6.82. The maximum atomic E-state index is 13.1. The first-order valence-corrected chi connectivity index (χ1v) is 9.97. The van der Waals surface area contributed by atoms with Crippen molar-refractivity contribution in [3.8, 4) is 0 Å². The molecule has 1 aliphatic heterocycles. The molecule has 2 amide bonds. The zero-order valence-electron chi connectivity index (χ0n) is 18.1. The summed E-state index contributed by atoms with van der Waals surface area (Å²) in [5.41, 5.74) is 7.38. The predicted molar refractivity (Wildman–Crippen MR) is 121 cm³/mol. The van der Waals surface area contributed by atoms with Crippen molar-refractivity contribution in [2.24, 2.45) is 10.7 Å². The molecular formula is C23H25F2N5O3. The summed E-state index contributed by atoms with van der Waals surface area (Å²) in [6, 6.07) is 7.93. The lowest BCUT2D eigenvalue weighted by molar-refractivity contribution is -0.117. The van der Waals surface area contributed by atoms with E-state index in [4.69, 9.17) is 10.5 Å². The molecule has 2 heterocycles. The van der Waals surface area contributed by atoms with Gasteiger partial charge in [-0.2, -0.15) is 0 Å². The molecule has 0 saturated carbocycles. The third-order valence-corrected chi connectivity index (χ3v) is 4.31. The quantitative estimate of drug-likeness (QED) is 0.416.